The summed E-state index contributed by atoms with van der Waals surface area (Å²) in [6.07, 6.45) is 0. The van der Waals surface area contributed by atoms with Crippen LogP contribution < -0.4 is 10.2 Å². The van der Waals surface area contributed by atoms with Gasteiger partial charge in [0, 0.05) is 0 Å². The van der Waals surface area contributed by atoms with Gasteiger partial charge < -0.3 is 5.32 Å². The summed E-state index contributed by atoms with van der Waals surface area (Å²) >= 11 is 5.94. The van der Waals surface area contributed by atoms with Crippen LogP contribution in [-0.2, 0) is 9.59 Å². The first kappa shape index (κ1) is 12.8. The van der Waals surface area contributed by atoms with Crippen LogP contribution >= 0.6 is 11.6 Å². The van der Waals surface area contributed by atoms with Crippen LogP contribution in [0.3, 0.4) is 0 Å². The van der Waals surface area contributed by atoms with E-state index in [9.17, 15) is 14.0 Å². The molecular weight excluding hydrogens is 259 g/mol. The molecule has 0 atom stereocenters. The van der Waals surface area contributed by atoms with Crippen LogP contribution in [0.5, 0.6) is 0 Å². The first-order valence-electron chi connectivity index (χ1n) is 5.39. The number of anilines is 1. The average Bonchev–Trinajstić information content (AvgIpc) is 2.26. The Labute approximate surface area is 109 Å². The minimum atomic E-state index is -1.02. The van der Waals surface area contributed by atoms with Gasteiger partial charge in [0.25, 0.3) is 5.91 Å². The van der Waals surface area contributed by atoms with E-state index in [-0.39, 0.29) is 29.1 Å². The van der Waals surface area contributed by atoms with Crippen molar-refractivity contribution in [3.8, 4) is 0 Å². The second-order valence-electron chi connectivity index (χ2n) is 4.66. The van der Waals surface area contributed by atoms with E-state index in [1.54, 1.807) is 13.8 Å². The van der Waals surface area contributed by atoms with Crippen molar-refractivity contribution in [3.05, 3.63) is 29.0 Å². The predicted octanol–water partition coefficient (Wildman–Crippen LogP) is 1.72. The van der Waals surface area contributed by atoms with Gasteiger partial charge in [-0.3, -0.25) is 14.5 Å². The normalized spacial score (nSPS) is 18.8. The van der Waals surface area contributed by atoms with Crippen molar-refractivity contribution in [2.24, 2.45) is 0 Å². The summed E-state index contributed by atoms with van der Waals surface area (Å²) in [5.41, 5.74) is -0.810. The molecule has 2 rings (SSSR count). The maximum atomic E-state index is 13.2. The second-order valence-corrected chi connectivity index (χ2v) is 5.07. The second kappa shape index (κ2) is 4.24. The minimum Gasteiger partial charge on any atom is -0.341 e. The number of nitrogens with one attached hydrogen (secondary N) is 1. The van der Waals surface area contributed by atoms with Gasteiger partial charge in [-0.05, 0) is 32.0 Å². The molecule has 2 amide bonds. The van der Waals surface area contributed by atoms with Gasteiger partial charge in [-0.25, -0.2) is 4.39 Å². The van der Waals surface area contributed by atoms with E-state index in [1.807, 2.05) is 0 Å². The summed E-state index contributed by atoms with van der Waals surface area (Å²) in [7, 11) is 0. The number of benzene rings is 1. The van der Waals surface area contributed by atoms with Crippen molar-refractivity contribution >= 4 is 29.1 Å². The minimum absolute atomic E-state index is 0.161. The molecule has 1 aliphatic heterocycles. The van der Waals surface area contributed by atoms with Gasteiger partial charge >= 0.3 is 0 Å². The van der Waals surface area contributed by atoms with Gasteiger partial charge in [-0.1, -0.05) is 11.6 Å². The molecule has 1 aromatic carbocycles. The standard InChI is InChI=1S/C12H12ClFN2O2/c1-12(2)11(18)16(6-10(17)15-12)9-5-7(14)3-4-8(9)13/h3-5H,6H2,1-2H3,(H,15,17). The fourth-order valence-electron chi connectivity index (χ4n) is 1.88. The molecule has 1 aromatic rings. The van der Waals surface area contributed by atoms with Crippen molar-refractivity contribution in [1.82, 2.24) is 5.32 Å². The zero-order chi connectivity index (χ0) is 13.5. The molecule has 0 spiro atoms. The lowest BCUT2D eigenvalue weighted by atomic mass is 10.00. The van der Waals surface area contributed by atoms with E-state index < -0.39 is 11.4 Å². The Balaban J connectivity index is 2.46. The smallest absolute Gasteiger partial charge is 0.252 e. The van der Waals surface area contributed by atoms with Crippen LogP contribution in [-0.4, -0.2) is 23.9 Å². The van der Waals surface area contributed by atoms with Crippen molar-refractivity contribution in [2.75, 3.05) is 11.4 Å². The lowest BCUT2D eigenvalue weighted by Gasteiger charge is -2.37. The molecule has 18 heavy (non-hydrogen) atoms. The number of hydrogen-bond acceptors (Lipinski definition) is 2. The maximum Gasteiger partial charge on any atom is 0.252 e. The maximum absolute atomic E-state index is 13.2. The number of amides is 2. The number of carbonyl (C=O) groups excluding carboxylic acids is 2. The molecule has 0 aromatic heterocycles. The third kappa shape index (κ3) is 2.18. The monoisotopic (exact) mass is 270 g/mol. The van der Waals surface area contributed by atoms with Crippen LogP contribution in [0, 0.1) is 5.82 Å². The fourth-order valence-corrected chi connectivity index (χ4v) is 2.10. The number of nitrogens with zero attached hydrogens (tertiary/aromatic N) is 1. The topological polar surface area (TPSA) is 49.4 Å². The predicted molar refractivity (Wildman–Crippen MR) is 66.0 cm³/mol. The molecule has 1 saturated heterocycles. The van der Waals surface area contributed by atoms with Crippen molar-refractivity contribution in [1.29, 1.82) is 0 Å². The third-order valence-electron chi connectivity index (χ3n) is 2.73. The van der Waals surface area contributed by atoms with Gasteiger partial charge in [0.15, 0.2) is 0 Å². The van der Waals surface area contributed by atoms with E-state index in [0.717, 1.165) is 6.07 Å². The molecule has 4 nitrogen and oxygen atoms in total. The Morgan fingerprint density at radius 3 is 2.72 bits per heavy atom. The van der Waals surface area contributed by atoms with Gasteiger partial charge in [0.1, 0.15) is 17.9 Å². The summed E-state index contributed by atoms with van der Waals surface area (Å²) in [4.78, 5) is 24.9. The van der Waals surface area contributed by atoms with Crippen molar-refractivity contribution < 1.29 is 14.0 Å². The van der Waals surface area contributed by atoms with Crippen molar-refractivity contribution in [3.63, 3.8) is 0 Å². The molecule has 0 saturated carbocycles. The molecule has 0 radical (unpaired) electrons. The van der Waals surface area contributed by atoms with Crippen LogP contribution in [0.2, 0.25) is 5.02 Å². The third-order valence-corrected chi connectivity index (χ3v) is 3.05. The van der Waals surface area contributed by atoms with E-state index >= 15 is 0 Å². The number of hydrogen-bond donors (Lipinski definition) is 1. The van der Waals surface area contributed by atoms with Crippen molar-refractivity contribution in [2.45, 2.75) is 19.4 Å². The van der Waals surface area contributed by atoms with Crippen LogP contribution in [0.15, 0.2) is 18.2 Å². The molecule has 0 unspecified atom stereocenters. The quantitative estimate of drug-likeness (QED) is 0.845. The van der Waals surface area contributed by atoms with E-state index in [1.165, 1.54) is 17.0 Å². The molecule has 96 valence electrons. The van der Waals surface area contributed by atoms with Gasteiger partial charge in [0.2, 0.25) is 5.91 Å². The highest BCUT2D eigenvalue weighted by atomic mass is 35.5. The molecule has 0 bridgehead atoms. The number of halogens is 2. The highest BCUT2D eigenvalue weighted by Crippen LogP contribution is 2.29. The first-order valence-corrected chi connectivity index (χ1v) is 5.77. The fraction of sp³-hybridized carbons (Fsp3) is 0.333. The van der Waals surface area contributed by atoms with E-state index in [4.69, 9.17) is 11.6 Å². The molecular formula is C12H12ClFN2O2. The summed E-state index contributed by atoms with van der Waals surface area (Å²) in [5, 5.41) is 2.80. The Morgan fingerprint density at radius 2 is 2.06 bits per heavy atom. The SMILES string of the molecule is CC1(C)NC(=O)CN(c2cc(F)ccc2Cl)C1=O. The van der Waals surface area contributed by atoms with Crippen LogP contribution in [0.1, 0.15) is 13.8 Å². The summed E-state index contributed by atoms with van der Waals surface area (Å²) in [6, 6.07) is 3.71. The molecule has 0 aliphatic carbocycles. The number of carbonyl (C=O) groups is 2. The van der Waals surface area contributed by atoms with Crippen LogP contribution in [0.4, 0.5) is 10.1 Å². The molecule has 1 N–H and O–H groups in total. The lowest BCUT2D eigenvalue weighted by Crippen LogP contribution is -2.64. The highest BCUT2D eigenvalue weighted by molar-refractivity contribution is 6.34. The Morgan fingerprint density at radius 1 is 1.39 bits per heavy atom. The summed E-state index contributed by atoms with van der Waals surface area (Å²) in [5.74, 6) is -1.14. The zero-order valence-electron chi connectivity index (χ0n) is 9.96. The number of rotatable bonds is 1. The average molecular weight is 271 g/mol. The Hall–Kier alpha value is -1.62. The van der Waals surface area contributed by atoms with E-state index in [0.29, 0.717) is 0 Å². The van der Waals surface area contributed by atoms with Gasteiger partial charge in [-0.2, -0.15) is 0 Å². The Bertz CT molecular complexity index is 531. The largest absolute Gasteiger partial charge is 0.341 e. The Kier molecular flexibility index (Phi) is 3.02. The molecule has 1 heterocycles. The van der Waals surface area contributed by atoms with Crippen LogP contribution in [0.25, 0.3) is 0 Å². The lowest BCUT2D eigenvalue weighted by molar-refractivity contribution is -0.134. The summed E-state index contributed by atoms with van der Waals surface area (Å²) in [6.45, 7) is 3.02. The van der Waals surface area contributed by atoms with Gasteiger partial charge in [-0.15, -0.1) is 0 Å². The molecule has 1 fully saturated rings. The highest BCUT2D eigenvalue weighted by Gasteiger charge is 2.40. The first-order chi connectivity index (χ1) is 8.31. The van der Waals surface area contributed by atoms with Gasteiger partial charge in [0.05, 0.1) is 10.7 Å². The van der Waals surface area contributed by atoms with E-state index in [2.05, 4.69) is 5.32 Å². The number of piperazine rings is 1. The summed E-state index contributed by atoms with van der Waals surface area (Å²) < 4.78 is 13.2. The molecule has 6 heteroatoms. The zero-order valence-corrected chi connectivity index (χ0v) is 10.7. The molecule has 1 aliphatic rings.